The summed E-state index contributed by atoms with van der Waals surface area (Å²) in [5.41, 5.74) is 4.14. The number of hydrogen-bond acceptors (Lipinski definition) is 5. The van der Waals surface area contributed by atoms with Crippen LogP contribution >= 0.6 is 0 Å². The molecule has 3 aromatic carbocycles. The molecule has 7 heteroatoms. The molecule has 7 nitrogen and oxygen atoms in total. The number of hydrogen-bond donors (Lipinski definition) is 2. The van der Waals surface area contributed by atoms with Gasteiger partial charge >= 0.3 is 0 Å². The van der Waals surface area contributed by atoms with Crippen molar-refractivity contribution in [2.75, 3.05) is 35.3 Å². The SMILES string of the molecule is Cc1cc(NC(=O)C(Nc2ccc3c(c2)OCCO3)c2ccccc2)ccc1N1CCCCC1=O. The van der Waals surface area contributed by atoms with E-state index in [4.69, 9.17) is 9.47 Å². The second-order valence-corrected chi connectivity index (χ2v) is 8.84. The molecule has 0 bridgehead atoms. The lowest BCUT2D eigenvalue weighted by Crippen LogP contribution is -2.35. The zero-order valence-corrected chi connectivity index (χ0v) is 19.8. The summed E-state index contributed by atoms with van der Waals surface area (Å²) in [6.07, 6.45) is 2.54. The number of rotatable bonds is 6. The molecule has 0 radical (unpaired) electrons. The average Bonchev–Trinajstić information content (AvgIpc) is 2.88. The van der Waals surface area contributed by atoms with Crippen LogP contribution in [0, 0.1) is 6.92 Å². The second kappa shape index (κ2) is 10.1. The molecule has 1 unspecified atom stereocenters. The van der Waals surface area contributed by atoms with Gasteiger partial charge in [0.1, 0.15) is 19.3 Å². The Kier molecular flexibility index (Phi) is 6.57. The van der Waals surface area contributed by atoms with Gasteiger partial charge in [0.25, 0.3) is 5.91 Å². The van der Waals surface area contributed by atoms with E-state index in [2.05, 4.69) is 10.6 Å². The fraction of sp³-hybridized carbons (Fsp3) is 0.286. The third-order valence-corrected chi connectivity index (χ3v) is 6.33. The summed E-state index contributed by atoms with van der Waals surface area (Å²) in [5, 5.41) is 6.39. The molecule has 0 spiro atoms. The summed E-state index contributed by atoms with van der Waals surface area (Å²) in [4.78, 5) is 27.7. The third kappa shape index (κ3) is 5.09. The number of amides is 2. The predicted molar refractivity (Wildman–Crippen MR) is 136 cm³/mol. The van der Waals surface area contributed by atoms with E-state index in [0.29, 0.717) is 36.8 Å². The Hall–Kier alpha value is -4.00. The molecule has 35 heavy (non-hydrogen) atoms. The predicted octanol–water partition coefficient (Wildman–Crippen LogP) is 5.08. The van der Waals surface area contributed by atoms with Crippen LogP contribution in [0.25, 0.3) is 0 Å². The molecule has 1 saturated heterocycles. The topological polar surface area (TPSA) is 79.9 Å². The molecule has 180 valence electrons. The molecule has 0 saturated carbocycles. The van der Waals surface area contributed by atoms with Crippen LogP contribution in [0.1, 0.15) is 36.4 Å². The number of nitrogens with one attached hydrogen (secondary N) is 2. The maximum Gasteiger partial charge on any atom is 0.251 e. The molecule has 2 amide bonds. The lowest BCUT2D eigenvalue weighted by atomic mass is 10.0. The van der Waals surface area contributed by atoms with Crippen LogP contribution in [-0.4, -0.2) is 31.6 Å². The highest BCUT2D eigenvalue weighted by Crippen LogP contribution is 2.34. The first-order valence-electron chi connectivity index (χ1n) is 12.0. The second-order valence-electron chi connectivity index (χ2n) is 8.84. The van der Waals surface area contributed by atoms with E-state index >= 15 is 0 Å². The molecular formula is C28H29N3O4. The zero-order chi connectivity index (χ0) is 24.2. The van der Waals surface area contributed by atoms with Crippen molar-refractivity contribution in [2.24, 2.45) is 0 Å². The van der Waals surface area contributed by atoms with Gasteiger partial charge in [0.2, 0.25) is 5.91 Å². The monoisotopic (exact) mass is 471 g/mol. The molecule has 0 aromatic heterocycles. The first-order chi connectivity index (χ1) is 17.1. The Labute approximate surface area is 205 Å². The summed E-state index contributed by atoms with van der Waals surface area (Å²) in [6.45, 7) is 3.73. The van der Waals surface area contributed by atoms with Gasteiger partial charge in [0.15, 0.2) is 11.5 Å². The summed E-state index contributed by atoms with van der Waals surface area (Å²) < 4.78 is 11.3. The molecule has 1 atom stereocenters. The van der Waals surface area contributed by atoms with Crippen molar-refractivity contribution in [3.63, 3.8) is 0 Å². The van der Waals surface area contributed by atoms with Gasteiger partial charge in [-0.05, 0) is 61.2 Å². The minimum atomic E-state index is -0.623. The van der Waals surface area contributed by atoms with Gasteiger partial charge in [-0.15, -0.1) is 0 Å². The maximum absolute atomic E-state index is 13.5. The number of fused-ring (bicyclic) bond motifs is 1. The van der Waals surface area contributed by atoms with Crippen LogP contribution in [0.15, 0.2) is 66.7 Å². The van der Waals surface area contributed by atoms with E-state index in [1.165, 1.54) is 0 Å². The summed E-state index contributed by atoms with van der Waals surface area (Å²) >= 11 is 0. The fourth-order valence-corrected chi connectivity index (χ4v) is 4.56. The van der Waals surface area contributed by atoms with Crippen molar-refractivity contribution in [3.05, 3.63) is 77.9 Å². The van der Waals surface area contributed by atoms with Crippen LogP contribution in [-0.2, 0) is 9.59 Å². The van der Waals surface area contributed by atoms with Gasteiger partial charge in [0, 0.05) is 36.1 Å². The number of carbonyl (C=O) groups is 2. The van der Waals surface area contributed by atoms with E-state index in [1.54, 1.807) is 0 Å². The largest absolute Gasteiger partial charge is 0.486 e. The normalized spacial score (nSPS) is 15.9. The molecule has 1 fully saturated rings. The van der Waals surface area contributed by atoms with E-state index in [-0.39, 0.29) is 11.8 Å². The number of aryl methyl sites for hydroxylation is 1. The van der Waals surface area contributed by atoms with E-state index < -0.39 is 6.04 Å². The van der Waals surface area contributed by atoms with Gasteiger partial charge in [-0.1, -0.05) is 30.3 Å². The van der Waals surface area contributed by atoms with Crippen molar-refractivity contribution < 1.29 is 19.1 Å². The van der Waals surface area contributed by atoms with Crippen molar-refractivity contribution in [2.45, 2.75) is 32.2 Å². The van der Waals surface area contributed by atoms with E-state index in [1.807, 2.05) is 78.6 Å². The number of ether oxygens (including phenoxy) is 2. The first kappa shape index (κ1) is 22.8. The number of benzene rings is 3. The summed E-state index contributed by atoms with van der Waals surface area (Å²) in [7, 11) is 0. The molecular weight excluding hydrogens is 442 g/mol. The molecule has 0 aliphatic carbocycles. The molecule has 2 aliphatic heterocycles. The highest BCUT2D eigenvalue weighted by molar-refractivity contribution is 5.98. The number of nitrogens with zero attached hydrogens (tertiary/aromatic N) is 1. The quantitative estimate of drug-likeness (QED) is 0.524. The minimum Gasteiger partial charge on any atom is -0.486 e. The Balaban J connectivity index is 1.36. The van der Waals surface area contributed by atoms with E-state index in [9.17, 15) is 9.59 Å². The average molecular weight is 472 g/mol. The maximum atomic E-state index is 13.5. The summed E-state index contributed by atoms with van der Waals surface area (Å²) in [5.74, 6) is 1.33. The van der Waals surface area contributed by atoms with Crippen molar-refractivity contribution >= 4 is 28.9 Å². The zero-order valence-electron chi connectivity index (χ0n) is 19.8. The van der Waals surface area contributed by atoms with Crippen molar-refractivity contribution in [1.82, 2.24) is 0 Å². The molecule has 2 N–H and O–H groups in total. The van der Waals surface area contributed by atoms with Gasteiger partial charge in [-0.25, -0.2) is 0 Å². The molecule has 2 heterocycles. The highest BCUT2D eigenvalue weighted by atomic mass is 16.6. The van der Waals surface area contributed by atoms with Gasteiger partial charge in [-0.2, -0.15) is 0 Å². The smallest absolute Gasteiger partial charge is 0.251 e. The fourth-order valence-electron chi connectivity index (χ4n) is 4.56. The van der Waals surface area contributed by atoms with Gasteiger partial charge in [0.05, 0.1) is 0 Å². The Bertz CT molecular complexity index is 1230. The molecule has 5 rings (SSSR count). The van der Waals surface area contributed by atoms with Crippen LogP contribution in [0.5, 0.6) is 11.5 Å². The standard InChI is InChI=1S/C28H29N3O4/c1-19-17-21(10-12-23(19)31-14-6-5-9-26(31)32)30-28(33)27(20-7-3-2-4-8-20)29-22-11-13-24-25(18-22)35-16-15-34-24/h2-4,7-8,10-13,17-18,27,29H,5-6,9,14-16H2,1H3,(H,30,33). The lowest BCUT2D eigenvalue weighted by molar-refractivity contribution is -0.119. The van der Waals surface area contributed by atoms with Crippen molar-refractivity contribution in [1.29, 1.82) is 0 Å². The van der Waals surface area contributed by atoms with Crippen LogP contribution in [0.2, 0.25) is 0 Å². The summed E-state index contributed by atoms with van der Waals surface area (Å²) in [6, 6.07) is 20.2. The van der Waals surface area contributed by atoms with Crippen molar-refractivity contribution in [3.8, 4) is 11.5 Å². The van der Waals surface area contributed by atoms with Gasteiger partial charge < -0.3 is 25.0 Å². The third-order valence-electron chi connectivity index (χ3n) is 6.33. The van der Waals surface area contributed by atoms with Crippen LogP contribution in [0.4, 0.5) is 17.1 Å². The van der Waals surface area contributed by atoms with E-state index in [0.717, 1.165) is 41.9 Å². The Morgan fingerprint density at radius 2 is 1.69 bits per heavy atom. The highest BCUT2D eigenvalue weighted by Gasteiger charge is 2.24. The number of anilines is 3. The first-order valence-corrected chi connectivity index (χ1v) is 12.0. The van der Waals surface area contributed by atoms with Crippen LogP contribution in [0.3, 0.4) is 0 Å². The lowest BCUT2D eigenvalue weighted by Gasteiger charge is -2.28. The number of piperidine rings is 1. The Morgan fingerprint density at radius 3 is 2.46 bits per heavy atom. The van der Waals surface area contributed by atoms with Gasteiger partial charge in [-0.3, -0.25) is 9.59 Å². The number of carbonyl (C=O) groups excluding carboxylic acids is 2. The molecule has 2 aliphatic rings. The Morgan fingerprint density at radius 1 is 0.914 bits per heavy atom. The minimum absolute atomic E-state index is 0.156. The molecule has 3 aromatic rings. The van der Waals surface area contributed by atoms with Crippen LogP contribution < -0.4 is 25.0 Å².